The molecule has 1 aromatic carbocycles. The molecule has 0 heterocycles. The second kappa shape index (κ2) is 6.32. The van der Waals surface area contributed by atoms with Crippen molar-refractivity contribution >= 4 is 21.8 Å². The highest BCUT2D eigenvalue weighted by Crippen LogP contribution is 2.17. The Morgan fingerprint density at radius 1 is 1.44 bits per heavy atom. The molecule has 100 valence electrons. The molecule has 0 spiro atoms. The van der Waals surface area contributed by atoms with E-state index in [4.69, 9.17) is 0 Å². The first-order valence-corrected chi connectivity index (χ1v) is 7.18. The van der Waals surface area contributed by atoms with E-state index in [0.29, 0.717) is 5.56 Å². The van der Waals surface area contributed by atoms with Crippen LogP contribution < -0.4 is 5.32 Å². The number of benzene rings is 1. The number of rotatable bonds is 5. The van der Waals surface area contributed by atoms with Crippen LogP contribution in [0, 0.1) is 12.7 Å². The van der Waals surface area contributed by atoms with Crippen LogP contribution in [0.4, 0.5) is 4.39 Å². The van der Waals surface area contributed by atoms with Crippen molar-refractivity contribution in [2.75, 3.05) is 5.33 Å². The summed E-state index contributed by atoms with van der Waals surface area (Å²) in [7, 11) is 0. The van der Waals surface area contributed by atoms with E-state index in [1.807, 2.05) is 13.8 Å². The molecule has 0 saturated carbocycles. The molecule has 0 aliphatic carbocycles. The largest absolute Gasteiger partial charge is 0.347 e. The average Bonchev–Trinajstić information content (AvgIpc) is 2.28. The van der Waals surface area contributed by atoms with Gasteiger partial charge in [0.15, 0.2) is 0 Å². The number of carbonyl (C=O) groups is 1. The summed E-state index contributed by atoms with van der Waals surface area (Å²) in [4.78, 5) is 12.1. The van der Waals surface area contributed by atoms with Crippen molar-refractivity contribution in [1.29, 1.82) is 0 Å². The van der Waals surface area contributed by atoms with Gasteiger partial charge in [-0.25, -0.2) is 4.39 Å². The predicted molar refractivity (Wildman–Crippen MR) is 75.7 cm³/mol. The summed E-state index contributed by atoms with van der Waals surface area (Å²) in [5.41, 5.74) is 0.862. The van der Waals surface area contributed by atoms with Crippen LogP contribution >= 0.6 is 15.9 Å². The third-order valence-corrected chi connectivity index (χ3v) is 3.54. The Balaban J connectivity index is 2.87. The predicted octanol–water partition coefficient (Wildman–Crippen LogP) is 3.82. The van der Waals surface area contributed by atoms with Gasteiger partial charge in [-0.2, -0.15) is 0 Å². The minimum Gasteiger partial charge on any atom is -0.347 e. The van der Waals surface area contributed by atoms with Crippen LogP contribution in [0.1, 0.15) is 42.6 Å². The van der Waals surface area contributed by atoms with Gasteiger partial charge in [-0.3, -0.25) is 4.79 Å². The van der Waals surface area contributed by atoms with Gasteiger partial charge >= 0.3 is 0 Å². The fraction of sp³-hybridized carbons (Fsp3) is 0.500. The number of hydrogen-bond acceptors (Lipinski definition) is 1. The smallest absolute Gasteiger partial charge is 0.251 e. The molecule has 1 rings (SSSR count). The van der Waals surface area contributed by atoms with Crippen LogP contribution in [0.5, 0.6) is 0 Å². The summed E-state index contributed by atoms with van der Waals surface area (Å²) in [6.45, 7) is 5.80. The maximum atomic E-state index is 13.3. The molecule has 0 bridgehead atoms. The van der Waals surface area contributed by atoms with Crippen molar-refractivity contribution in [3.05, 3.63) is 35.1 Å². The molecular weight excluding hydrogens is 297 g/mol. The molecule has 1 N–H and O–H groups in total. The van der Waals surface area contributed by atoms with Crippen LogP contribution in [-0.2, 0) is 0 Å². The van der Waals surface area contributed by atoms with Crippen molar-refractivity contribution in [3.63, 3.8) is 0 Å². The summed E-state index contributed by atoms with van der Waals surface area (Å²) in [6.07, 6.45) is 1.67. The molecule has 0 aromatic heterocycles. The molecule has 0 fully saturated rings. The minimum absolute atomic E-state index is 0.220. The number of alkyl halides is 1. The van der Waals surface area contributed by atoms with Crippen LogP contribution in [0.3, 0.4) is 0 Å². The number of halogens is 2. The second-order valence-corrected chi connectivity index (χ2v) is 5.62. The van der Waals surface area contributed by atoms with E-state index < -0.39 is 0 Å². The van der Waals surface area contributed by atoms with Crippen molar-refractivity contribution in [1.82, 2.24) is 5.32 Å². The van der Waals surface area contributed by atoms with Gasteiger partial charge in [0.05, 0.1) is 0 Å². The molecule has 1 aromatic rings. The first-order chi connectivity index (χ1) is 8.40. The Hall–Kier alpha value is -0.900. The normalized spacial score (nSPS) is 14.1. The van der Waals surface area contributed by atoms with Gasteiger partial charge in [0.25, 0.3) is 5.91 Å². The SMILES string of the molecule is CCC(C)(CCBr)NC(=O)c1cc(C)cc(F)c1. The molecular formula is C14H19BrFNO. The fourth-order valence-electron chi connectivity index (χ4n) is 1.75. The maximum Gasteiger partial charge on any atom is 0.251 e. The van der Waals surface area contributed by atoms with Crippen molar-refractivity contribution in [2.45, 2.75) is 39.2 Å². The monoisotopic (exact) mass is 315 g/mol. The lowest BCUT2D eigenvalue weighted by molar-refractivity contribution is 0.0901. The van der Waals surface area contributed by atoms with E-state index in [1.165, 1.54) is 12.1 Å². The highest BCUT2D eigenvalue weighted by atomic mass is 79.9. The van der Waals surface area contributed by atoms with E-state index >= 15 is 0 Å². The molecule has 1 atom stereocenters. The molecule has 18 heavy (non-hydrogen) atoms. The molecule has 2 nitrogen and oxygen atoms in total. The van der Waals surface area contributed by atoms with Crippen LogP contribution in [-0.4, -0.2) is 16.8 Å². The Bertz CT molecular complexity index is 416. The number of hydrogen-bond donors (Lipinski definition) is 1. The standard InChI is InChI=1S/C14H19BrFNO/c1-4-14(3,5-6-15)17-13(18)11-7-10(2)8-12(16)9-11/h7-9H,4-6H2,1-3H3,(H,17,18). The summed E-state index contributed by atoms with van der Waals surface area (Å²) >= 11 is 3.38. The van der Waals surface area contributed by atoms with Crippen molar-refractivity contribution < 1.29 is 9.18 Å². The topological polar surface area (TPSA) is 29.1 Å². The number of amides is 1. The zero-order valence-corrected chi connectivity index (χ0v) is 12.6. The number of carbonyl (C=O) groups excluding carboxylic acids is 1. The van der Waals surface area contributed by atoms with E-state index in [2.05, 4.69) is 21.2 Å². The summed E-state index contributed by atoms with van der Waals surface area (Å²) in [5.74, 6) is -0.596. The molecule has 0 radical (unpaired) electrons. The Morgan fingerprint density at radius 2 is 2.11 bits per heavy atom. The highest BCUT2D eigenvalue weighted by molar-refractivity contribution is 9.09. The zero-order valence-electron chi connectivity index (χ0n) is 11.0. The van der Waals surface area contributed by atoms with E-state index in [1.54, 1.807) is 13.0 Å². The van der Waals surface area contributed by atoms with Gasteiger partial charge in [0, 0.05) is 16.4 Å². The van der Waals surface area contributed by atoms with Crippen LogP contribution in [0.15, 0.2) is 18.2 Å². The average molecular weight is 316 g/mol. The maximum absolute atomic E-state index is 13.3. The molecule has 1 amide bonds. The summed E-state index contributed by atoms with van der Waals surface area (Å²) in [5, 5.41) is 3.80. The molecule has 1 unspecified atom stereocenters. The highest BCUT2D eigenvalue weighted by Gasteiger charge is 2.24. The van der Waals surface area contributed by atoms with Gasteiger partial charge in [0.2, 0.25) is 0 Å². The van der Waals surface area contributed by atoms with Gasteiger partial charge in [-0.15, -0.1) is 0 Å². The second-order valence-electron chi connectivity index (χ2n) is 4.82. The van der Waals surface area contributed by atoms with Crippen molar-refractivity contribution in [2.24, 2.45) is 0 Å². The number of nitrogens with one attached hydrogen (secondary N) is 1. The van der Waals surface area contributed by atoms with Crippen LogP contribution in [0.25, 0.3) is 0 Å². The van der Waals surface area contributed by atoms with E-state index in [-0.39, 0.29) is 17.3 Å². The summed E-state index contributed by atoms with van der Waals surface area (Å²) in [6, 6.07) is 4.38. The molecule has 0 aliphatic rings. The summed E-state index contributed by atoms with van der Waals surface area (Å²) < 4.78 is 13.3. The number of aryl methyl sites for hydroxylation is 1. The lowest BCUT2D eigenvalue weighted by Crippen LogP contribution is -2.45. The third kappa shape index (κ3) is 4.09. The van der Waals surface area contributed by atoms with Gasteiger partial charge in [-0.05, 0) is 50.5 Å². The van der Waals surface area contributed by atoms with Gasteiger partial charge < -0.3 is 5.32 Å². The quantitative estimate of drug-likeness (QED) is 0.822. The van der Waals surface area contributed by atoms with Gasteiger partial charge in [0.1, 0.15) is 5.82 Å². The van der Waals surface area contributed by atoms with E-state index in [9.17, 15) is 9.18 Å². The zero-order chi connectivity index (χ0) is 13.8. The minimum atomic E-state index is -0.376. The lowest BCUT2D eigenvalue weighted by Gasteiger charge is -2.29. The first kappa shape index (κ1) is 15.2. The van der Waals surface area contributed by atoms with Gasteiger partial charge in [-0.1, -0.05) is 22.9 Å². The lowest BCUT2D eigenvalue weighted by atomic mass is 9.95. The Labute approximate surface area is 116 Å². The Kier molecular flexibility index (Phi) is 5.32. The third-order valence-electron chi connectivity index (χ3n) is 3.15. The molecule has 4 heteroatoms. The fourth-order valence-corrected chi connectivity index (χ4v) is 2.63. The van der Waals surface area contributed by atoms with Crippen LogP contribution in [0.2, 0.25) is 0 Å². The van der Waals surface area contributed by atoms with Crippen molar-refractivity contribution in [3.8, 4) is 0 Å². The van der Waals surface area contributed by atoms with E-state index in [0.717, 1.165) is 23.7 Å². The molecule has 0 saturated heterocycles. The Morgan fingerprint density at radius 3 is 2.61 bits per heavy atom. The first-order valence-electron chi connectivity index (χ1n) is 6.06. The molecule has 0 aliphatic heterocycles.